The van der Waals surface area contributed by atoms with E-state index in [4.69, 9.17) is 15.0 Å². The fourth-order valence-electron chi connectivity index (χ4n) is 4.92. The second-order valence-corrected chi connectivity index (χ2v) is 9.58. The van der Waals surface area contributed by atoms with Gasteiger partial charge in [-0.1, -0.05) is 47.6 Å². The van der Waals surface area contributed by atoms with Crippen LogP contribution in [0.3, 0.4) is 0 Å². The van der Waals surface area contributed by atoms with Gasteiger partial charge >= 0.3 is 5.97 Å². The van der Waals surface area contributed by atoms with Gasteiger partial charge in [0.15, 0.2) is 0 Å². The minimum absolute atomic E-state index is 0.0433. The topological polar surface area (TPSA) is 84.2 Å². The number of piperazine rings is 2. The molecule has 3 aliphatic rings. The molecule has 5 rings (SSSR count). The average molecular weight is 491 g/mol. The molecule has 2 fully saturated rings. The molecule has 36 heavy (non-hydrogen) atoms. The van der Waals surface area contributed by atoms with Gasteiger partial charge in [-0.2, -0.15) is 5.10 Å². The Kier molecular flexibility index (Phi) is 7.78. The van der Waals surface area contributed by atoms with E-state index in [9.17, 15) is 4.79 Å². The summed E-state index contributed by atoms with van der Waals surface area (Å²) in [5.41, 5.74) is 4.40. The first-order valence-corrected chi connectivity index (χ1v) is 12.7. The van der Waals surface area contributed by atoms with Crippen LogP contribution in [0.25, 0.3) is 0 Å². The van der Waals surface area contributed by atoms with Crippen molar-refractivity contribution in [2.45, 2.75) is 12.5 Å². The summed E-state index contributed by atoms with van der Waals surface area (Å²) in [6, 6.07) is 18.9. The molecule has 3 aliphatic heterocycles. The van der Waals surface area contributed by atoms with E-state index in [1.165, 1.54) is 5.69 Å². The number of carbonyl (C=O) groups is 1. The smallest absolute Gasteiger partial charge is 0.317 e. The Balaban J connectivity index is 1.05. The van der Waals surface area contributed by atoms with Crippen molar-refractivity contribution in [2.75, 3.05) is 70.3 Å². The summed E-state index contributed by atoms with van der Waals surface area (Å²) in [7, 11) is 0. The molecule has 9 nitrogen and oxygen atoms in total. The minimum Gasteiger partial charge on any atom is -0.480 e. The number of hydrogen-bond donors (Lipinski definition) is 1. The molecule has 0 radical (unpaired) electrons. The lowest BCUT2D eigenvalue weighted by molar-refractivity contribution is -0.138. The van der Waals surface area contributed by atoms with Crippen LogP contribution in [0.4, 0.5) is 5.69 Å². The van der Waals surface area contributed by atoms with Crippen LogP contribution >= 0.6 is 0 Å². The van der Waals surface area contributed by atoms with Gasteiger partial charge in [0.05, 0.1) is 31.6 Å². The minimum atomic E-state index is -0.764. The van der Waals surface area contributed by atoms with Gasteiger partial charge in [-0.25, -0.2) is 0 Å². The quantitative estimate of drug-likeness (QED) is 0.567. The van der Waals surface area contributed by atoms with Gasteiger partial charge in [0.25, 0.3) is 0 Å². The molecule has 0 spiro atoms. The lowest BCUT2D eigenvalue weighted by atomic mass is 10.0. The summed E-state index contributed by atoms with van der Waals surface area (Å²) in [4.78, 5) is 23.3. The molecule has 0 bridgehead atoms. The zero-order valence-electron chi connectivity index (χ0n) is 20.6. The number of carboxylic acid groups (broad SMARTS) is 1. The number of rotatable bonds is 8. The van der Waals surface area contributed by atoms with Crippen molar-refractivity contribution in [3.63, 3.8) is 0 Å². The molecule has 1 N–H and O–H groups in total. The summed E-state index contributed by atoms with van der Waals surface area (Å²) in [6.45, 7) is 7.97. The highest BCUT2D eigenvalue weighted by Gasteiger charge is 2.27. The maximum Gasteiger partial charge on any atom is 0.317 e. The van der Waals surface area contributed by atoms with Crippen molar-refractivity contribution < 1.29 is 14.7 Å². The van der Waals surface area contributed by atoms with Crippen molar-refractivity contribution in [1.29, 1.82) is 0 Å². The zero-order chi connectivity index (χ0) is 24.7. The van der Waals surface area contributed by atoms with Crippen LogP contribution in [0.5, 0.6) is 0 Å². The van der Waals surface area contributed by atoms with E-state index >= 15 is 0 Å². The maximum absolute atomic E-state index is 10.9. The lowest BCUT2D eigenvalue weighted by Gasteiger charge is -2.34. The highest BCUT2D eigenvalue weighted by atomic mass is 16.6. The normalized spacial score (nSPS) is 21.6. The SMILES string of the molecule is O=C(O)CN1CCN(CC2CC(c3ccc(C=NN4CCN(c5ccccc5)CC4)cc3)=NO2)CC1. The highest BCUT2D eigenvalue weighted by molar-refractivity contribution is 6.01. The molecule has 1 unspecified atom stereocenters. The van der Waals surface area contributed by atoms with Crippen molar-refractivity contribution in [1.82, 2.24) is 14.8 Å². The second-order valence-electron chi connectivity index (χ2n) is 9.58. The van der Waals surface area contributed by atoms with Crippen molar-refractivity contribution in [3.8, 4) is 0 Å². The zero-order valence-corrected chi connectivity index (χ0v) is 20.6. The first-order chi connectivity index (χ1) is 17.6. The summed E-state index contributed by atoms with van der Waals surface area (Å²) < 4.78 is 0. The summed E-state index contributed by atoms with van der Waals surface area (Å²) >= 11 is 0. The van der Waals surface area contributed by atoms with E-state index in [1.807, 2.05) is 11.1 Å². The fraction of sp³-hybridized carbons (Fsp3) is 0.444. The molecule has 0 aromatic heterocycles. The monoisotopic (exact) mass is 490 g/mol. The van der Waals surface area contributed by atoms with Crippen molar-refractivity contribution in [3.05, 3.63) is 65.7 Å². The van der Waals surface area contributed by atoms with E-state index in [1.54, 1.807) is 0 Å². The third-order valence-corrected chi connectivity index (χ3v) is 7.01. The number of nitrogens with zero attached hydrogens (tertiary/aromatic N) is 6. The lowest BCUT2D eigenvalue weighted by Crippen LogP contribution is -2.49. The number of hydrazone groups is 1. The highest BCUT2D eigenvalue weighted by Crippen LogP contribution is 2.19. The molecule has 0 saturated carbocycles. The van der Waals surface area contributed by atoms with E-state index in [-0.39, 0.29) is 12.6 Å². The number of aliphatic carboxylic acids is 1. The van der Waals surface area contributed by atoms with Crippen LogP contribution in [0.15, 0.2) is 64.9 Å². The molecular formula is C27H34N6O3. The van der Waals surface area contributed by atoms with Gasteiger partial charge < -0.3 is 14.8 Å². The van der Waals surface area contributed by atoms with Crippen molar-refractivity contribution >= 4 is 23.6 Å². The van der Waals surface area contributed by atoms with Crippen LogP contribution in [0.2, 0.25) is 0 Å². The van der Waals surface area contributed by atoms with Crippen LogP contribution in [-0.2, 0) is 9.63 Å². The Labute approximate surface area is 212 Å². The number of oxime groups is 1. The van der Waals surface area contributed by atoms with Gasteiger partial charge in [0, 0.05) is 57.9 Å². The molecular weight excluding hydrogens is 456 g/mol. The van der Waals surface area contributed by atoms with Crippen LogP contribution in [-0.4, -0.2) is 109 Å². The van der Waals surface area contributed by atoms with E-state index < -0.39 is 5.97 Å². The third kappa shape index (κ3) is 6.41. The third-order valence-electron chi connectivity index (χ3n) is 7.01. The average Bonchev–Trinajstić information content (AvgIpc) is 3.38. The fourth-order valence-corrected chi connectivity index (χ4v) is 4.92. The van der Waals surface area contributed by atoms with Crippen molar-refractivity contribution in [2.24, 2.45) is 10.3 Å². The summed E-state index contributed by atoms with van der Waals surface area (Å²) in [5, 5.41) is 20.1. The van der Waals surface area contributed by atoms with Gasteiger partial charge in [0.2, 0.25) is 0 Å². The van der Waals surface area contributed by atoms with Gasteiger partial charge in [-0.3, -0.25) is 19.6 Å². The predicted octanol–water partition coefficient (Wildman–Crippen LogP) is 2.04. The number of hydrogen-bond acceptors (Lipinski definition) is 8. The van der Waals surface area contributed by atoms with Gasteiger partial charge in [-0.05, 0) is 23.3 Å². The number of anilines is 1. The van der Waals surface area contributed by atoms with Gasteiger partial charge in [-0.15, -0.1) is 0 Å². The first-order valence-electron chi connectivity index (χ1n) is 12.7. The largest absolute Gasteiger partial charge is 0.480 e. The molecule has 2 aromatic carbocycles. The number of carboxylic acids is 1. The second kappa shape index (κ2) is 11.5. The number of benzene rings is 2. The molecule has 0 aliphatic carbocycles. The molecule has 3 heterocycles. The molecule has 0 amide bonds. The maximum atomic E-state index is 10.9. The van der Waals surface area contributed by atoms with E-state index in [0.717, 1.165) is 82.2 Å². The first kappa shape index (κ1) is 24.3. The Morgan fingerprint density at radius 3 is 2.33 bits per heavy atom. The Morgan fingerprint density at radius 1 is 0.944 bits per heavy atom. The number of para-hydroxylation sites is 1. The molecule has 2 saturated heterocycles. The van der Waals surface area contributed by atoms with Gasteiger partial charge in [0.1, 0.15) is 6.10 Å². The summed E-state index contributed by atoms with van der Waals surface area (Å²) in [6.07, 6.45) is 2.76. The Hall–Kier alpha value is -3.43. The standard InChI is InChI=1S/C27H34N6O3/c34-27(35)21-31-12-10-30(11-13-31)20-25-18-26(29-36-25)23-8-6-22(7-9-23)19-28-33-16-14-32(15-17-33)24-4-2-1-3-5-24/h1-9,19,25H,10-18,20-21H2,(H,34,35). The van der Waals surface area contributed by atoms with E-state index in [2.05, 4.69) is 74.6 Å². The molecule has 9 heteroatoms. The van der Waals surface area contributed by atoms with Crippen LogP contribution in [0.1, 0.15) is 17.5 Å². The molecule has 190 valence electrons. The Bertz CT molecular complexity index is 1060. The summed E-state index contributed by atoms with van der Waals surface area (Å²) in [5.74, 6) is -0.764. The molecule has 2 aromatic rings. The van der Waals surface area contributed by atoms with Crippen LogP contribution < -0.4 is 4.90 Å². The van der Waals surface area contributed by atoms with E-state index in [0.29, 0.717) is 0 Å². The Morgan fingerprint density at radius 2 is 1.64 bits per heavy atom. The predicted molar refractivity (Wildman–Crippen MR) is 141 cm³/mol. The molecule has 1 atom stereocenters. The van der Waals surface area contributed by atoms with Crippen LogP contribution in [0, 0.1) is 0 Å².